The zero-order chi connectivity index (χ0) is 13.1. The Balaban J connectivity index is 3.02. The van der Waals surface area contributed by atoms with Gasteiger partial charge in [0, 0.05) is 11.6 Å². The minimum Gasteiger partial charge on any atom is -0.284 e. The number of carbonyl (C=O) groups excluding carboxylic acids is 1. The third-order valence-electron chi connectivity index (χ3n) is 1.79. The highest BCUT2D eigenvalue weighted by atomic mass is 19.4. The molecule has 0 aliphatic rings. The molecule has 1 aromatic rings. The van der Waals surface area contributed by atoms with Crippen molar-refractivity contribution in [1.29, 1.82) is 0 Å². The quantitative estimate of drug-likeness (QED) is 0.467. The molecule has 0 radical (unpaired) electrons. The van der Waals surface area contributed by atoms with Gasteiger partial charge in [-0.2, -0.15) is 13.2 Å². The molecule has 0 unspecified atom stereocenters. The first-order valence-electron chi connectivity index (χ1n) is 4.34. The van der Waals surface area contributed by atoms with Crippen LogP contribution in [0.15, 0.2) is 30.5 Å². The van der Waals surface area contributed by atoms with Gasteiger partial charge in [-0.3, -0.25) is 14.9 Å². The molecule has 0 aromatic heterocycles. The second-order valence-electron chi connectivity index (χ2n) is 3.05. The molecule has 0 atom stereocenters. The number of nitro groups is 1. The van der Waals surface area contributed by atoms with Crippen LogP contribution in [0.1, 0.15) is 15.9 Å². The molecule has 0 aliphatic heterocycles. The van der Waals surface area contributed by atoms with Crippen molar-refractivity contribution < 1.29 is 22.9 Å². The Bertz CT molecular complexity index is 480. The molecule has 0 N–H and O–H groups in total. The topological polar surface area (TPSA) is 60.2 Å². The van der Waals surface area contributed by atoms with Gasteiger partial charge in [0.25, 0.3) is 5.78 Å². The number of benzene rings is 1. The van der Waals surface area contributed by atoms with E-state index in [9.17, 15) is 28.1 Å². The molecule has 0 saturated carbocycles. The van der Waals surface area contributed by atoms with E-state index in [-0.39, 0.29) is 5.56 Å². The highest BCUT2D eigenvalue weighted by Crippen LogP contribution is 2.22. The van der Waals surface area contributed by atoms with Crippen LogP contribution in [0.4, 0.5) is 13.2 Å². The fourth-order valence-corrected chi connectivity index (χ4v) is 1.09. The van der Waals surface area contributed by atoms with Gasteiger partial charge in [0.1, 0.15) is 0 Å². The number of rotatable bonds is 3. The lowest BCUT2D eigenvalue weighted by Crippen LogP contribution is -2.22. The summed E-state index contributed by atoms with van der Waals surface area (Å²) in [7, 11) is 0. The third-order valence-corrected chi connectivity index (χ3v) is 1.79. The molecule has 0 bridgehead atoms. The first-order chi connectivity index (χ1) is 7.80. The minimum atomic E-state index is -4.95. The standard InChI is InChI=1S/C10H6F3NO3/c11-10(12,13)9(15)8-3-1-2-7(6-8)4-5-14(16)17/h1-6H/b5-4+. The van der Waals surface area contributed by atoms with Crippen molar-refractivity contribution in [1.82, 2.24) is 0 Å². The number of nitrogens with zero attached hydrogens (tertiary/aromatic N) is 1. The summed E-state index contributed by atoms with van der Waals surface area (Å²) in [4.78, 5) is 20.1. The summed E-state index contributed by atoms with van der Waals surface area (Å²) < 4.78 is 36.3. The van der Waals surface area contributed by atoms with Gasteiger partial charge >= 0.3 is 6.18 Å². The van der Waals surface area contributed by atoms with E-state index in [1.807, 2.05) is 0 Å². The average Bonchev–Trinajstić information content (AvgIpc) is 2.24. The second kappa shape index (κ2) is 4.77. The number of hydrogen-bond donors (Lipinski definition) is 0. The van der Waals surface area contributed by atoms with Crippen LogP contribution in [0.2, 0.25) is 0 Å². The molecule has 0 amide bonds. The van der Waals surface area contributed by atoms with E-state index in [1.54, 1.807) is 0 Å². The molecular formula is C10H6F3NO3. The van der Waals surface area contributed by atoms with Crippen molar-refractivity contribution in [3.05, 3.63) is 51.7 Å². The van der Waals surface area contributed by atoms with Crippen molar-refractivity contribution in [2.24, 2.45) is 0 Å². The van der Waals surface area contributed by atoms with Crippen molar-refractivity contribution in [3.63, 3.8) is 0 Å². The predicted molar refractivity (Wildman–Crippen MR) is 52.9 cm³/mol. The minimum absolute atomic E-state index is 0.150. The Morgan fingerprint density at radius 3 is 2.53 bits per heavy atom. The zero-order valence-corrected chi connectivity index (χ0v) is 8.27. The SMILES string of the molecule is O=C(c1cccc(/C=C/[N+](=O)[O-])c1)C(F)(F)F. The maximum atomic E-state index is 12.1. The Kier molecular flexibility index (Phi) is 3.62. The predicted octanol–water partition coefficient (Wildman–Crippen LogP) is 2.68. The first kappa shape index (κ1) is 12.9. The summed E-state index contributed by atoms with van der Waals surface area (Å²) in [5, 5.41) is 10.0. The molecule has 17 heavy (non-hydrogen) atoms. The van der Waals surface area contributed by atoms with Gasteiger partial charge in [0.2, 0.25) is 6.20 Å². The number of halogens is 3. The zero-order valence-electron chi connectivity index (χ0n) is 8.27. The van der Waals surface area contributed by atoms with Crippen molar-refractivity contribution in [2.75, 3.05) is 0 Å². The number of carbonyl (C=O) groups is 1. The molecule has 0 aliphatic carbocycles. The highest BCUT2D eigenvalue weighted by molar-refractivity contribution is 6.00. The summed E-state index contributed by atoms with van der Waals surface area (Å²) in [6, 6.07) is 4.51. The van der Waals surface area contributed by atoms with E-state index in [4.69, 9.17) is 0 Å². The second-order valence-corrected chi connectivity index (χ2v) is 3.05. The van der Waals surface area contributed by atoms with Gasteiger partial charge in [-0.05, 0) is 11.6 Å². The van der Waals surface area contributed by atoms with Crippen molar-refractivity contribution in [2.45, 2.75) is 6.18 Å². The lowest BCUT2D eigenvalue weighted by molar-refractivity contribution is -0.400. The van der Waals surface area contributed by atoms with E-state index < -0.39 is 22.4 Å². The van der Waals surface area contributed by atoms with Crippen LogP contribution in [0.3, 0.4) is 0 Å². The van der Waals surface area contributed by atoms with Gasteiger partial charge in [-0.1, -0.05) is 18.2 Å². The Hall–Kier alpha value is -2.18. The van der Waals surface area contributed by atoms with Gasteiger partial charge in [-0.15, -0.1) is 0 Å². The molecule has 0 heterocycles. The van der Waals surface area contributed by atoms with Crippen LogP contribution in [-0.4, -0.2) is 16.9 Å². The maximum Gasteiger partial charge on any atom is 0.454 e. The van der Waals surface area contributed by atoms with Crippen LogP contribution in [0.25, 0.3) is 6.08 Å². The summed E-state index contributed by atoms with van der Waals surface area (Å²) in [6.07, 6.45) is -3.37. The Morgan fingerprint density at radius 2 is 2.00 bits per heavy atom. The summed E-state index contributed by atoms with van der Waals surface area (Å²) in [6.45, 7) is 0. The highest BCUT2D eigenvalue weighted by Gasteiger charge is 2.39. The molecule has 7 heteroatoms. The molecule has 90 valence electrons. The van der Waals surface area contributed by atoms with E-state index >= 15 is 0 Å². The summed E-state index contributed by atoms with van der Waals surface area (Å²) in [5.41, 5.74) is -0.403. The maximum absolute atomic E-state index is 12.1. The van der Waals surface area contributed by atoms with Crippen LogP contribution in [-0.2, 0) is 0 Å². The molecule has 4 nitrogen and oxygen atoms in total. The number of Topliss-reactive ketones (excluding diaryl/α,β-unsaturated/α-hetero) is 1. The van der Waals surface area contributed by atoms with Gasteiger partial charge < -0.3 is 0 Å². The summed E-state index contributed by atoms with van der Waals surface area (Å²) >= 11 is 0. The van der Waals surface area contributed by atoms with E-state index in [1.165, 1.54) is 12.1 Å². The Labute approximate surface area is 93.5 Å². The van der Waals surface area contributed by atoms with Gasteiger partial charge in [-0.25, -0.2) is 0 Å². The van der Waals surface area contributed by atoms with Crippen LogP contribution >= 0.6 is 0 Å². The Morgan fingerprint density at radius 1 is 1.35 bits per heavy atom. The number of ketones is 1. The smallest absolute Gasteiger partial charge is 0.284 e. The van der Waals surface area contributed by atoms with Crippen LogP contribution in [0, 0.1) is 10.1 Å². The third kappa shape index (κ3) is 3.71. The molecular weight excluding hydrogens is 239 g/mol. The first-order valence-corrected chi connectivity index (χ1v) is 4.34. The molecule has 0 spiro atoms. The van der Waals surface area contributed by atoms with Gasteiger partial charge in [0.15, 0.2) is 0 Å². The van der Waals surface area contributed by atoms with Crippen LogP contribution < -0.4 is 0 Å². The van der Waals surface area contributed by atoms with E-state index in [0.29, 0.717) is 6.20 Å². The monoisotopic (exact) mass is 245 g/mol. The van der Waals surface area contributed by atoms with E-state index in [0.717, 1.165) is 18.2 Å². The van der Waals surface area contributed by atoms with E-state index in [2.05, 4.69) is 0 Å². The average molecular weight is 245 g/mol. The fourth-order valence-electron chi connectivity index (χ4n) is 1.09. The molecule has 0 fully saturated rings. The fraction of sp³-hybridized carbons (Fsp3) is 0.100. The van der Waals surface area contributed by atoms with Gasteiger partial charge in [0.05, 0.1) is 4.92 Å². The van der Waals surface area contributed by atoms with Crippen molar-refractivity contribution >= 4 is 11.9 Å². The lowest BCUT2D eigenvalue weighted by Gasteiger charge is -2.05. The van der Waals surface area contributed by atoms with Crippen LogP contribution in [0.5, 0.6) is 0 Å². The number of alkyl halides is 3. The lowest BCUT2D eigenvalue weighted by atomic mass is 10.1. The largest absolute Gasteiger partial charge is 0.454 e. The summed E-state index contributed by atoms with van der Waals surface area (Å²) in [5.74, 6) is -1.98. The van der Waals surface area contributed by atoms with Crippen molar-refractivity contribution in [3.8, 4) is 0 Å². The molecule has 0 saturated heterocycles. The molecule has 1 aromatic carbocycles. The number of hydrogen-bond acceptors (Lipinski definition) is 3. The normalized spacial score (nSPS) is 11.7. The molecule has 1 rings (SSSR count).